The molecule has 1 aromatic carbocycles. The second-order valence-electron chi connectivity index (χ2n) is 4.86. The summed E-state index contributed by atoms with van der Waals surface area (Å²) < 4.78 is 0. The van der Waals surface area contributed by atoms with Crippen LogP contribution in [0.5, 0.6) is 0 Å². The number of aryl methyl sites for hydroxylation is 2. The highest BCUT2D eigenvalue weighted by Gasteiger charge is 2.09. The van der Waals surface area contributed by atoms with Gasteiger partial charge in [-0.05, 0) is 31.5 Å². The van der Waals surface area contributed by atoms with Gasteiger partial charge in [0.05, 0.1) is 11.4 Å². The Kier molecular flexibility index (Phi) is 5.11. The van der Waals surface area contributed by atoms with E-state index in [9.17, 15) is 9.59 Å². The molecule has 110 valence electrons. The van der Waals surface area contributed by atoms with E-state index in [0.717, 1.165) is 10.4 Å². The van der Waals surface area contributed by atoms with Gasteiger partial charge >= 0.3 is 0 Å². The molecular weight excluding hydrogens is 284 g/mol. The van der Waals surface area contributed by atoms with Crippen LogP contribution in [0.2, 0.25) is 0 Å². The lowest BCUT2D eigenvalue weighted by Gasteiger charge is -2.06. The number of thiophene rings is 1. The van der Waals surface area contributed by atoms with Gasteiger partial charge in [-0.2, -0.15) is 0 Å². The number of amides is 2. The van der Waals surface area contributed by atoms with Gasteiger partial charge in [-0.3, -0.25) is 9.59 Å². The van der Waals surface area contributed by atoms with Crippen LogP contribution in [0.3, 0.4) is 0 Å². The van der Waals surface area contributed by atoms with Crippen LogP contribution in [0.1, 0.15) is 25.7 Å². The third-order valence-electron chi connectivity index (χ3n) is 2.98. The number of carbonyl (C=O) groups is 2. The molecule has 0 aliphatic rings. The maximum atomic E-state index is 11.8. The van der Waals surface area contributed by atoms with Crippen LogP contribution in [-0.2, 0) is 11.3 Å². The molecule has 0 fully saturated rings. The Labute approximate surface area is 128 Å². The van der Waals surface area contributed by atoms with E-state index in [0.29, 0.717) is 11.4 Å². The summed E-state index contributed by atoms with van der Waals surface area (Å²) in [5.41, 5.74) is 2.22. The van der Waals surface area contributed by atoms with Gasteiger partial charge in [-0.15, -0.1) is 11.3 Å². The Morgan fingerprint density at radius 2 is 1.71 bits per heavy atom. The molecule has 0 saturated carbocycles. The van der Waals surface area contributed by atoms with Gasteiger partial charge in [0.2, 0.25) is 5.91 Å². The molecule has 0 saturated heterocycles. The Balaban J connectivity index is 1.74. The number of benzene rings is 1. The zero-order valence-electron chi connectivity index (χ0n) is 12.1. The van der Waals surface area contributed by atoms with Crippen LogP contribution in [0, 0.1) is 13.8 Å². The van der Waals surface area contributed by atoms with Gasteiger partial charge in [0.25, 0.3) is 5.91 Å². The topological polar surface area (TPSA) is 58.2 Å². The number of carbonyl (C=O) groups excluding carboxylic acids is 2. The molecule has 2 aromatic rings. The van der Waals surface area contributed by atoms with Gasteiger partial charge in [0, 0.05) is 11.4 Å². The van der Waals surface area contributed by atoms with Gasteiger partial charge in [-0.25, -0.2) is 0 Å². The van der Waals surface area contributed by atoms with Crippen molar-refractivity contribution < 1.29 is 9.59 Å². The van der Waals surface area contributed by atoms with E-state index >= 15 is 0 Å². The minimum Gasteiger partial charge on any atom is -0.350 e. The number of hydrogen-bond acceptors (Lipinski definition) is 3. The molecule has 2 amide bonds. The fraction of sp³-hybridized carbons (Fsp3) is 0.250. The van der Waals surface area contributed by atoms with Gasteiger partial charge < -0.3 is 10.6 Å². The summed E-state index contributed by atoms with van der Waals surface area (Å²) in [6.45, 7) is 4.41. The molecular formula is C16H18N2O2S. The molecule has 1 aromatic heterocycles. The van der Waals surface area contributed by atoms with E-state index in [1.807, 2.05) is 44.2 Å². The summed E-state index contributed by atoms with van der Waals surface area (Å²) in [7, 11) is 0. The first kappa shape index (κ1) is 15.3. The van der Waals surface area contributed by atoms with Crippen LogP contribution >= 0.6 is 11.3 Å². The zero-order chi connectivity index (χ0) is 15.2. The number of rotatable bonds is 5. The molecule has 0 radical (unpaired) electrons. The highest BCUT2D eigenvalue weighted by Crippen LogP contribution is 2.14. The highest BCUT2D eigenvalue weighted by molar-refractivity contribution is 7.13. The summed E-state index contributed by atoms with van der Waals surface area (Å²) in [6.07, 6.45) is 0. The van der Waals surface area contributed by atoms with Crippen LogP contribution < -0.4 is 10.6 Å². The summed E-state index contributed by atoms with van der Waals surface area (Å²) in [5, 5.41) is 5.40. The average molecular weight is 302 g/mol. The van der Waals surface area contributed by atoms with Crippen molar-refractivity contribution in [1.82, 2.24) is 10.6 Å². The van der Waals surface area contributed by atoms with Crippen molar-refractivity contribution in [3.8, 4) is 0 Å². The Morgan fingerprint density at radius 3 is 2.33 bits per heavy atom. The van der Waals surface area contributed by atoms with Gasteiger partial charge in [-0.1, -0.05) is 29.8 Å². The molecule has 21 heavy (non-hydrogen) atoms. The molecule has 0 atom stereocenters. The van der Waals surface area contributed by atoms with E-state index < -0.39 is 0 Å². The Bertz CT molecular complexity index is 632. The lowest BCUT2D eigenvalue weighted by molar-refractivity contribution is -0.120. The van der Waals surface area contributed by atoms with Gasteiger partial charge in [0.1, 0.15) is 0 Å². The van der Waals surface area contributed by atoms with Crippen molar-refractivity contribution in [3.63, 3.8) is 0 Å². The maximum absolute atomic E-state index is 11.8. The zero-order valence-corrected chi connectivity index (χ0v) is 12.9. The van der Waals surface area contributed by atoms with Gasteiger partial charge in [0.15, 0.2) is 0 Å². The predicted molar refractivity (Wildman–Crippen MR) is 84.4 cm³/mol. The monoisotopic (exact) mass is 302 g/mol. The molecule has 0 aliphatic carbocycles. The summed E-state index contributed by atoms with van der Waals surface area (Å²) in [6, 6.07) is 11.6. The van der Waals surface area contributed by atoms with Crippen LogP contribution in [0.15, 0.2) is 36.4 Å². The highest BCUT2D eigenvalue weighted by atomic mass is 32.1. The molecule has 1 heterocycles. The molecule has 2 N–H and O–H groups in total. The summed E-state index contributed by atoms with van der Waals surface area (Å²) >= 11 is 1.42. The van der Waals surface area contributed by atoms with Crippen molar-refractivity contribution in [2.45, 2.75) is 20.4 Å². The van der Waals surface area contributed by atoms with Crippen molar-refractivity contribution in [3.05, 3.63) is 57.3 Å². The van der Waals surface area contributed by atoms with E-state index in [2.05, 4.69) is 10.6 Å². The SMILES string of the molecule is Cc1ccc(CNC(=O)CNC(=O)c2ccc(C)s2)cc1. The molecule has 0 spiro atoms. The fourth-order valence-corrected chi connectivity index (χ4v) is 2.56. The first-order chi connectivity index (χ1) is 10.0. The smallest absolute Gasteiger partial charge is 0.261 e. The molecule has 4 nitrogen and oxygen atoms in total. The molecule has 0 unspecified atom stereocenters. The number of nitrogens with one attached hydrogen (secondary N) is 2. The van der Waals surface area contributed by atoms with Crippen LogP contribution in [-0.4, -0.2) is 18.4 Å². The molecule has 0 aliphatic heterocycles. The Hall–Kier alpha value is -2.14. The first-order valence-electron chi connectivity index (χ1n) is 6.71. The average Bonchev–Trinajstić information content (AvgIpc) is 2.91. The quantitative estimate of drug-likeness (QED) is 0.891. The first-order valence-corrected chi connectivity index (χ1v) is 7.53. The van der Waals surface area contributed by atoms with E-state index in [1.54, 1.807) is 6.07 Å². The number of hydrogen-bond donors (Lipinski definition) is 2. The second-order valence-corrected chi connectivity index (χ2v) is 6.14. The lowest BCUT2D eigenvalue weighted by atomic mass is 10.1. The molecule has 2 rings (SSSR count). The third kappa shape index (κ3) is 4.72. The summed E-state index contributed by atoms with van der Waals surface area (Å²) in [5.74, 6) is -0.407. The van der Waals surface area contributed by atoms with Crippen LogP contribution in [0.4, 0.5) is 0 Å². The largest absolute Gasteiger partial charge is 0.350 e. The van der Waals surface area contributed by atoms with Crippen molar-refractivity contribution in [2.75, 3.05) is 6.54 Å². The minimum absolute atomic E-state index is 0.0123. The third-order valence-corrected chi connectivity index (χ3v) is 3.98. The van der Waals surface area contributed by atoms with E-state index in [4.69, 9.17) is 0 Å². The predicted octanol–water partition coefficient (Wildman–Crippen LogP) is 2.41. The van der Waals surface area contributed by atoms with Crippen molar-refractivity contribution >= 4 is 23.2 Å². The second kappa shape index (κ2) is 7.04. The Morgan fingerprint density at radius 1 is 1.00 bits per heavy atom. The normalized spacial score (nSPS) is 10.2. The molecule has 5 heteroatoms. The lowest BCUT2D eigenvalue weighted by Crippen LogP contribution is -2.36. The van der Waals surface area contributed by atoms with Crippen LogP contribution in [0.25, 0.3) is 0 Å². The standard InChI is InChI=1S/C16H18N2O2S/c1-11-3-6-13(7-4-11)9-17-15(19)10-18-16(20)14-8-5-12(2)21-14/h3-8H,9-10H2,1-2H3,(H,17,19)(H,18,20). The van der Waals surface area contributed by atoms with E-state index in [1.165, 1.54) is 16.9 Å². The summed E-state index contributed by atoms with van der Waals surface area (Å²) in [4.78, 5) is 25.2. The van der Waals surface area contributed by atoms with Crippen molar-refractivity contribution in [1.29, 1.82) is 0 Å². The fourth-order valence-electron chi connectivity index (χ4n) is 1.77. The molecule has 0 bridgehead atoms. The minimum atomic E-state index is -0.210. The van der Waals surface area contributed by atoms with Crippen molar-refractivity contribution in [2.24, 2.45) is 0 Å². The van der Waals surface area contributed by atoms with E-state index in [-0.39, 0.29) is 18.4 Å². The maximum Gasteiger partial charge on any atom is 0.261 e.